The summed E-state index contributed by atoms with van der Waals surface area (Å²) in [4.78, 5) is 11.3. The van der Waals surface area contributed by atoms with Crippen molar-refractivity contribution in [2.45, 2.75) is 32.5 Å². The second-order valence-corrected chi connectivity index (χ2v) is 3.90. The molecule has 0 aliphatic carbocycles. The van der Waals surface area contributed by atoms with Crippen molar-refractivity contribution in [2.75, 3.05) is 0 Å². The summed E-state index contributed by atoms with van der Waals surface area (Å²) in [5.74, 6) is 0.458. The standard InChI is InChI=1S/C12H14O3/c1-8-3-5-10(6-4-8)15-11-7-9(2)14-12(11)13/h3-6,9,11H,7H2,1-2H3. The van der Waals surface area contributed by atoms with Crippen LogP contribution in [0.4, 0.5) is 0 Å². The van der Waals surface area contributed by atoms with Gasteiger partial charge in [0.05, 0.1) is 0 Å². The van der Waals surface area contributed by atoms with Crippen LogP contribution >= 0.6 is 0 Å². The van der Waals surface area contributed by atoms with Crippen LogP contribution in [-0.2, 0) is 9.53 Å². The van der Waals surface area contributed by atoms with E-state index in [9.17, 15) is 4.79 Å². The molecule has 1 aromatic rings. The third-order valence-corrected chi connectivity index (χ3v) is 2.43. The van der Waals surface area contributed by atoms with Crippen LogP contribution in [0.5, 0.6) is 5.75 Å². The topological polar surface area (TPSA) is 35.5 Å². The maximum Gasteiger partial charge on any atom is 0.347 e. The van der Waals surface area contributed by atoms with Crippen LogP contribution in [-0.4, -0.2) is 18.2 Å². The van der Waals surface area contributed by atoms with E-state index < -0.39 is 6.10 Å². The monoisotopic (exact) mass is 206 g/mol. The summed E-state index contributed by atoms with van der Waals surface area (Å²) < 4.78 is 10.5. The molecule has 2 rings (SSSR count). The van der Waals surface area contributed by atoms with Crippen molar-refractivity contribution in [2.24, 2.45) is 0 Å². The number of benzene rings is 1. The molecular weight excluding hydrogens is 192 g/mol. The third-order valence-electron chi connectivity index (χ3n) is 2.43. The number of esters is 1. The van der Waals surface area contributed by atoms with Crippen molar-refractivity contribution in [3.63, 3.8) is 0 Å². The second-order valence-electron chi connectivity index (χ2n) is 3.90. The van der Waals surface area contributed by atoms with E-state index in [0.717, 1.165) is 5.75 Å². The van der Waals surface area contributed by atoms with Crippen molar-refractivity contribution in [1.29, 1.82) is 0 Å². The number of rotatable bonds is 2. The summed E-state index contributed by atoms with van der Waals surface area (Å²) in [6.07, 6.45) is 0.155. The normalized spacial score (nSPS) is 25.1. The number of aryl methyl sites for hydroxylation is 1. The van der Waals surface area contributed by atoms with Crippen LogP contribution in [0.3, 0.4) is 0 Å². The number of carbonyl (C=O) groups is 1. The molecule has 1 fully saturated rings. The van der Waals surface area contributed by atoms with Crippen molar-refractivity contribution in [3.05, 3.63) is 29.8 Å². The molecule has 0 spiro atoms. The molecule has 80 valence electrons. The molecule has 3 heteroatoms. The predicted molar refractivity (Wildman–Crippen MR) is 55.8 cm³/mol. The Morgan fingerprint density at radius 3 is 2.53 bits per heavy atom. The maximum atomic E-state index is 11.3. The van der Waals surface area contributed by atoms with E-state index in [1.165, 1.54) is 5.56 Å². The van der Waals surface area contributed by atoms with Gasteiger partial charge in [0.2, 0.25) is 0 Å². The Kier molecular flexibility index (Phi) is 2.62. The molecule has 1 aromatic carbocycles. The summed E-state index contributed by atoms with van der Waals surface area (Å²) in [6, 6.07) is 7.65. The Morgan fingerprint density at radius 1 is 1.33 bits per heavy atom. The van der Waals surface area contributed by atoms with Crippen LogP contribution in [0.1, 0.15) is 18.9 Å². The van der Waals surface area contributed by atoms with Crippen LogP contribution < -0.4 is 4.74 Å². The zero-order valence-electron chi connectivity index (χ0n) is 8.90. The van der Waals surface area contributed by atoms with Gasteiger partial charge in [-0.15, -0.1) is 0 Å². The molecule has 2 atom stereocenters. The lowest BCUT2D eigenvalue weighted by Crippen LogP contribution is -2.21. The lowest BCUT2D eigenvalue weighted by Gasteiger charge is -2.09. The van der Waals surface area contributed by atoms with E-state index in [4.69, 9.17) is 9.47 Å². The number of hydrogen-bond acceptors (Lipinski definition) is 3. The minimum absolute atomic E-state index is 0.0343. The van der Waals surface area contributed by atoms with Gasteiger partial charge in [-0.3, -0.25) is 0 Å². The lowest BCUT2D eigenvalue weighted by atomic mass is 10.2. The van der Waals surface area contributed by atoms with Gasteiger partial charge in [-0.25, -0.2) is 4.79 Å². The summed E-state index contributed by atoms with van der Waals surface area (Å²) in [7, 11) is 0. The zero-order chi connectivity index (χ0) is 10.8. The first-order valence-electron chi connectivity index (χ1n) is 5.09. The molecule has 1 saturated heterocycles. The summed E-state index contributed by atoms with van der Waals surface area (Å²) in [5, 5.41) is 0. The van der Waals surface area contributed by atoms with Gasteiger partial charge in [-0.1, -0.05) is 17.7 Å². The molecule has 1 aliphatic heterocycles. The minimum Gasteiger partial charge on any atom is -0.479 e. The SMILES string of the molecule is Cc1ccc(OC2CC(C)OC2=O)cc1. The first-order valence-corrected chi connectivity index (χ1v) is 5.09. The Morgan fingerprint density at radius 2 is 2.00 bits per heavy atom. The molecule has 1 aliphatic rings. The Labute approximate surface area is 89.0 Å². The molecule has 0 saturated carbocycles. The molecule has 3 nitrogen and oxygen atoms in total. The Hall–Kier alpha value is -1.51. The third kappa shape index (κ3) is 2.29. The predicted octanol–water partition coefficient (Wildman–Crippen LogP) is 2.08. The fourth-order valence-electron chi connectivity index (χ4n) is 1.60. The lowest BCUT2D eigenvalue weighted by molar-refractivity contribution is -0.145. The molecule has 15 heavy (non-hydrogen) atoms. The quantitative estimate of drug-likeness (QED) is 0.695. The number of ether oxygens (including phenoxy) is 2. The van der Waals surface area contributed by atoms with Gasteiger partial charge in [0.15, 0.2) is 6.10 Å². The van der Waals surface area contributed by atoms with Crippen molar-refractivity contribution in [1.82, 2.24) is 0 Å². The van der Waals surface area contributed by atoms with Crippen molar-refractivity contribution < 1.29 is 14.3 Å². The van der Waals surface area contributed by atoms with E-state index in [1.807, 2.05) is 38.1 Å². The molecule has 2 unspecified atom stereocenters. The molecule has 0 bridgehead atoms. The fourth-order valence-corrected chi connectivity index (χ4v) is 1.60. The van der Waals surface area contributed by atoms with Crippen molar-refractivity contribution >= 4 is 5.97 Å². The van der Waals surface area contributed by atoms with Crippen LogP contribution in [0.25, 0.3) is 0 Å². The van der Waals surface area contributed by atoms with Gasteiger partial charge < -0.3 is 9.47 Å². The van der Waals surface area contributed by atoms with Gasteiger partial charge in [0.1, 0.15) is 11.9 Å². The van der Waals surface area contributed by atoms with Gasteiger partial charge in [-0.2, -0.15) is 0 Å². The highest BCUT2D eigenvalue weighted by Crippen LogP contribution is 2.21. The average molecular weight is 206 g/mol. The van der Waals surface area contributed by atoms with Gasteiger partial charge in [-0.05, 0) is 26.0 Å². The largest absolute Gasteiger partial charge is 0.479 e. The van der Waals surface area contributed by atoms with Gasteiger partial charge in [0, 0.05) is 6.42 Å². The maximum absolute atomic E-state index is 11.3. The van der Waals surface area contributed by atoms with Crippen LogP contribution in [0, 0.1) is 6.92 Å². The van der Waals surface area contributed by atoms with Crippen molar-refractivity contribution in [3.8, 4) is 5.75 Å². The smallest absolute Gasteiger partial charge is 0.347 e. The molecular formula is C12H14O3. The summed E-state index contributed by atoms with van der Waals surface area (Å²) in [5.41, 5.74) is 1.17. The minimum atomic E-state index is -0.442. The molecule has 0 radical (unpaired) electrons. The number of cyclic esters (lactones) is 1. The highest BCUT2D eigenvalue weighted by atomic mass is 16.6. The first kappa shape index (κ1) is 10.0. The molecule has 0 aromatic heterocycles. The van der Waals surface area contributed by atoms with E-state index in [0.29, 0.717) is 6.42 Å². The zero-order valence-corrected chi connectivity index (χ0v) is 8.90. The summed E-state index contributed by atoms with van der Waals surface area (Å²) in [6.45, 7) is 3.88. The van der Waals surface area contributed by atoms with E-state index in [2.05, 4.69) is 0 Å². The van der Waals surface area contributed by atoms with E-state index in [1.54, 1.807) is 0 Å². The highest BCUT2D eigenvalue weighted by molar-refractivity contribution is 5.77. The summed E-state index contributed by atoms with van der Waals surface area (Å²) >= 11 is 0. The van der Waals surface area contributed by atoms with Gasteiger partial charge in [0.25, 0.3) is 0 Å². The molecule has 0 amide bonds. The fraction of sp³-hybridized carbons (Fsp3) is 0.417. The van der Waals surface area contributed by atoms with Gasteiger partial charge >= 0.3 is 5.97 Å². The van der Waals surface area contributed by atoms with Crippen LogP contribution in [0.15, 0.2) is 24.3 Å². The number of hydrogen-bond donors (Lipinski definition) is 0. The highest BCUT2D eigenvalue weighted by Gasteiger charge is 2.33. The van der Waals surface area contributed by atoms with Crippen LogP contribution in [0.2, 0.25) is 0 Å². The molecule has 1 heterocycles. The Bertz CT molecular complexity index is 356. The average Bonchev–Trinajstić information content (AvgIpc) is 2.49. The first-order chi connectivity index (χ1) is 7.15. The molecule has 0 N–H and O–H groups in total. The Balaban J connectivity index is 2.03. The second kappa shape index (κ2) is 3.93. The van der Waals surface area contributed by atoms with E-state index in [-0.39, 0.29) is 12.1 Å². The number of carbonyl (C=O) groups excluding carboxylic acids is 1. The van der Waals surface area contributed by atoms with E-state index >= 15 is 0 Å².